The smallest absolute Gasteiger partial charge is 0.164 e. The summed E-state index contributed by atoms with van der Waals surface area (Å²) >= 11 is 0. The van der Waals surface area contributed by atoms with E-state index in [1.54, 1.807) is 7.11 Å². The highest BCUT2D eigenvalue weighted by Crippen LogP contribution is 2.45. The van der Waals surface area contributed by atoms with Crippen molar-refractivity contribution in [1.29, 1.82) is 0 Å². The van der Waals surface area contributed by atoms with Gasteiger partial charge in [0.15, 0.2) is 17.5 Å². The fraction of sp³-hybridized carbons (Fsp3) is 0.0192. The maximum atomic E-state index is 6.25. The quantitative estimate of drug-likeness (QED) is 0.156. The number of benzene rings is 8. The second-order valence-electron chi connectivity index (χ2n) is 14.0. The molecule has 5 heteroatoms. The molecule has 0 amide bonds. The number of rotatable bonds is 8. The minimum atomic E-state index is 0.587. The maximum Gasteiger partial charge on any atom is 0.164 e. The predicted octanol–water partition coefficient (Wildman–Crippen LogP) is 13.0. The number of hydrogen-bond donors (Lipinski definition) is 0. The first-order valence-electron chi connectivity index (χ1n) is 19.1. The first-order valence-corrected chi connectivity index (χ1v) is 19.1. The Balaban J connectivity index is 1.20. The summed E-state index contributed by atoms with van der Waals surface area (Å²) in [6, 6.07) is 69.5. The van der Waals surface area contributed by atoms with Crippen molar-refractivity contribution in [2.75, 3.05) is 7.11 Å². The second-order valence-corrected chi connectivity index (χ2v) is 14.0. The van der Waals surface area contributed by atoms with Gasteiger partial charge in [0.25, 0.3) is 0 Å². The van der Waals surface area contributed by atoms with Gasteiger partial charge >= 0.3 is 0 Å². The number of fused-ring (bicyclic) bond motifs is 3. The lowest BCUT2D eigenvalue weighted by Gasteiger charge is -2.19. The van der Waals surface area contributed by atoms with Crippen LogP contribution in [0.5, 0.6) is 5.75 Å². The highest BCUT2D eigenvalue weighted by molar-refractivity contribution is 6.11. The van der Waals surface area contributed by atoms with E-state index in [1.807, 2.05) is 66.7 Å². The average molecular weight is 733 g/mol. The Morgan fingerprint density at radius 3 is 1.51 bits per heavy atom. The van der Waals surface area contributed by atoms with E-state index in [0.29, 0.717) is 17.5 Å². The minimum absolute atomic E-state index is 0.587. The Kier molecular flexibility index (Phi) is 8.65. The van der Waals surface area contributed by atoms with Crippen LogP contribution >= 0.6 is 0 Å². The maximum absolute atomic E-state index is 6.25. The van der Waals surface area contributed by atoms with Gasteiger partial charge in [-0.2, -0.15) is 0 Å². The lowest BCUT2D eigenvalue weighted by Crippen LogP contribution is -2.01. The van der Waals surface area contributed by atoms with E-state index in [0.717, 1.165) is 67.0 Å². The lowest BCUT2D eigenvalue weighted by atomic mass is 9.88. The van der Waals surface area contributed by atoms with Gasteiger partial charge in [-0.1, -0.05) is 158 Å². The molecule has 270 valence electrons. The van der Waals surface area contributed by atoms with E-state index in [-0.39, 0.29) is 0 Å². The SMILES string of the molecule is COc1cc(-c2ccccc2)c(-c2ccc3c(c2)c2ccccc2n3-c2ccccc2)cc1-c1ccccc1-c1nc(-c2ccccc2)nc(-c2ccccc2)n1. The number of methoxy groups -OCH3 is 1. The Morgan fingerprint density at radius 1 is 0.351 bits per heavy atom. The summed E-state index contributed by atoms with van der Waals surface area (Å²) in [5, 5.41) is 2.40. The normalized spacial score (nSPS) is 11.2. The molecule has 0 aliphatic heterocycles. The summed E-state index contributed by atoms with van der Waals surface area (Å²) in [7, 11) is 1.74. The largest absolute Gasteiger partial charge is 0.496 e. The average Bonchev–Trinajstić information content (AvgIpc) is 3.63. The van der Waals surface area contributed by atoms with Crippen molar-refractivity contribution in [3.63, 3.8) is 0 Å². The zero-order valence-corrected chi connectivity index (χ0v) is 31.2. The lowest BCUT2D eigenvalue weighted by molar-refractivity contribution is 0.416. The van der Waals surface area contributed by atoms with Crippen molar-refractivity contribution in [2.24, 2.45) is 0 Å². The van der Waals surface area contributed by atoms with E-state index in [4.69, 9.17) is 19.7 Å². The molecule has 0 fully saturated rings. The molecule has 10 aromatic rings. The van der Waals surface area contributed by atoms with Crippen molar-refractivity contribution >= 4 is 21.8 Å². The molecule has 0 aliphatic carbocycles. The van der Waals surface area contributed by atoms with Crippen LogP contribution in [0, 0.1) is 0 Å². The van der Waals surface area contributed by atoms with Crippen LogP contribution in [0.4, 0.5) is 0 Å². The molecule has 0 spiro atoms. The molecule has 0 saturated heterocycles. The van der Waals surface area contributed by atoms with Gasteiger partial charge in [0.2, 0.25) is 0 Å². The molecular weight excluding hydrogens is 697 g/mol. The molecule has 0 bridgehead atoms. The van der Waals surface area contributed by atoms with Crippen LogP contribution in [-0.4, -0.2) is 26.6 Å². The van der Waals surface area contributed by atoms with Crippen molar-refractivity contribution in [1.82, 2.24) is 19.5 Å². The van der Waals surface area contributed by atoms with Crippen molar-refractivity contribution < 1.29 is 4.74 Å². The zero-order chi connectivity index (χ0) is 38.1. The van der Waals surface area contributed by atoms with Crippen molar-refractivity contribution in [2.45, 2.75) is 0 Å². The van der Waals surface area contributed by atoms with Crippen LogP contribution in [0.2, 0.25) is 0 Å². The van der Waals surface area contributed by atoms with Gasteiger partial charge < -0.3 is 9.30 Å². The monoisotopic (exact) mass is 732 g/mol. The molecule has 5 nitrogen and oxygen atoms in total. The number of aromatic nitrogens is 4. The Bertz CT molecular complexity index is 2980. The van der Waals surface area contributed by atoms with Gasteiger partial charge in [-0.05, 0) is 70.3 Å². The standard InChI is InChI=1S/C52H36N4O/c1-57-49-34-44(35-18-6-2-7-19-35)43(38-30-31-48-45(32-38)41-27-16-17-29-47(41)56(48)39-24-12-5-13-25-39)33-46(49)40-26-14-15-28-42(40)52-54-50(36-20-8-3-9-21-36)53-51(55-52)37-22-10-4-11-23-37/h2-34H,1H3. The molecule has 10 rings (SSSR count). The summed E-state index contributed by atoms with van der Waals surface area (Å²) in [6.45, 7) is 0. The van der Waals surface area contributed by atoms with Crippen molar-refractivity contribution in [3.05, 3.63) is 200 Å². The molecule has 8 aromatic carbocycles. The van der Waals surface area contributed by atoms with Crippen LogP contribution in [0.15, 0.2) is 200 Å². The molecule has 2 aromatic heterocycles. The third-order valence-electron chi connectivity index (χ3n) is 10.6. The Hall–Kier alpha value is -7.63. The first kappa shape index (κ1) is 33.9. The second kappa shape index (κ2) is 14.5. The third kappa shape index (κ3) is 6.21. The fourth-order valence-corrected chi connectivity index (χ4v) is 7.89. The van der Waals surface area contributed by atoms with Gasteiger partial charge in [-0.25, -0.2) is 15.0 Å². The fourth-order valence-electron chi connectivity index (χ4n) is 7.89. The van der Waals surface area contributed by atoms with Gasteiger partial charge in [0, 0.05) is 38.7 Å². The van der Waals surface area contributed by atoms with Crippen LogP contribution in [0.1, 0.15) is 0 Å². The van der Waals surface area contributed by atoms with Gasteiger partial charge in [0.05, 0.1) is 18.1 Å². The molecule has 0 saturated carbocycles. The summed E-state index contributed by atoms with van der Waals surface area (Å²) in [4.78, 5) is 15.2. The van der Waals surface area contributed by atoms with E-state index < -0.39 is 0 Å². The summed E-state index contributed by atoms with van der Waals surface area (Å²) in [5.74, 6) is 2.57. The Morgan fingerprint density at radius 2 is 0.860 bits per heavy atom. The van der Waals surface area contributed by atoms with Gasteiger partial charge in [-0.15, -0.1) is 0 Å². The molecule has 0 aliphatic rings. The minimum Gasteiger partial charge on any atom is -0.496 e. The Labute approximate surface area is 331 Å². The van der Waals surface area contributed by atoms with Gasteiger partial charge in [0.1, 0.15) is 5.75 Å². The van der Waals surface area contributed by atoms with Crippen molar-refractivity contribution in [3.8, 4) is 79.0 Å². The third-order valence-corrected chi connectivity index (χ3v) is 10.6. The molecule has 2 heterocycles. The molecule has 57 heavy (non-hydrogen) atoms. The number of hydrogen-bond acceptors (Lipinski definition) is 4. The van der Waals surface area contributed by atoms with E-state index in [9.17, 15) is 0 Å². The van der Waals surface area contributed by atoms with Gasteiger partial charge in [-0.3, -0.25) is 0 Å². The summed E-state index contributed by atoms with van der Waals surface area (Å²) in [6.07, 6.45) is 0. The topological polar surface area (TPSA) is 52.8 Å². The highest BCUT2D eigenvalue weighted by atomic mass is 16.5. The molecular formula is C52H36N4O. The molecule has 0 N–H and O–H groups in total. The van der Waals surface area contributed by atoms with Crippen LogP contribution < -0.4 is 4.74 Å². The summed E-state index contributed by atoms with van der Waals surface area (Å²) < 4.78 is 8.61. The molecule has 0 unspecified atom stereocenters. The van der Waals surface area contributed by atoms with Crippen LogP contribution in [0.3, 0.4) is 0 Å². The zero-order valence-electron chi connectivity index (χ0n) is 31.2. The number of para-hydroxylation sites is 2. The number of ether oxygens (including phenoxy) is 1. The van der Waals surface area contributed by atoms with E-state index in [1.165, 1.54) is 16.3 Å². The predicted molar refractivity (Wildman–Crippen MR) is 233 cm³/mol. The highest BCUT2D eigenvalue weighted by Gasteiger charge is 2.21. The number of nitrogens with zero attached hydrogens (tertiary/aromatic N) is 4. The summed E-state index contributed by atoms with van der Waals surface area (Å²) in [5.41, 5.74) is 12.5. The van der Waals surface area contributed by atoms with Crippen LogP contribution in [0.25, 0.3) is 95.0 Å². The first-order chi connectivity index (χ1) is 28.2. The molecule has 0 radical (unpaired) electrons. The van der Waals surface area contributed by atoms with E-state index >= 15 is 0 Å². The van der Waals surface area contributed by atoms with E-state index in [2.05, 4.69) is 138 Å². The van der Waals surface area contributed by atoms with Crippen LogP contribution in [-0.2, 0) is 0 Å². The molecule has 0 atom stereocenters.